The number of carbonyl (C=O) groups is 3. The normalized spacial score (nSPS) is 25.9. The molecule has 2 aliphatic heterocycles. The van der Waals surface area contributed by atoms with Crippen molar-refractivity contribution in [3.8, 4) is 0 Å². The van der Waals surface area contributed by atoms with Crippen LogP contribution in [0.1, 0.15) is 41.5 Å². The third kappa shape index (κ3) is 2.64. The van der Waals surface area contributed by atoms with E-state index in [0.29, 0.717) is 17.7 Å². The summed E-state index contributed by atoms with van der Waals surface area (Å²) in [5, 5.41) is 0. The number of aromatic nitrogens is 1. The van der Waals surface area contributed by atoms with Gasteiger partial charge < -0.3 is 14.2 Å². The monoisotopic (exact) mass is 350 g/mol. The molecule has 1 aromatic rings. The Morgan fingerprint density at radius 3 is 2.75 bits per heavy atom. The minimum Gasteiger partial charge on any atom is -0.456 e. The molecular weight excluding hydrogens is 328 g/mol. The maximum absolute atomic E-state index is 12.4. The van der Waals surface area contributed by atoms with Gasteiger partial charge in [0.15, 0.2) is 6.61 Å². The fraction of sp³-hybridized carbons (Fsp3) is 0.588. The van der Waals surface area contributed by atoms with E-state index >= 15 is 0 Å². The zero-order chi connectivity index (χ0) is 17.6. The molecule has 7 heteroatoms. The van der Waals surface area contributed by atoms with E-state index in [-0.39, 0.29) is 23.2 Å². The molecule has 0 bridgehead atoms. The van der Waals surface area contributed by atoms with Crippen LogP contribution in [0.15, 0.2) is 6.07 Å². The second kappa shape index (κ2) is 5.95. The molecular formula is C17H22N2O4S. The first-order chi connectivity index (χ1) is 11.2. The second-order valence-corrected chi connectivity index (χ2v) is 8.14. The Morgan fingerprint density at radius 1 is 1.42 bits per heavy atom. The highest BCUT2D eigenvalue weighted by atomic mass is 32.2. The number of rotatable bonds is 4. The van der Waals surface area contributed by atoms with Crippen LogP contribution in [0.5, 0.6) is 0 Å². The van der Waals surface area contributed by atoms with Crippen LogP contribution in [0, 0.1) is 13.8 Å². The van der Waals surface area contributed by atoms with E-state index in [1.165, 1.54) is 0 Å². The first-order valence-corrected chi connectivity index (χ1v) is 9.02. The van der Waals surface area contributed by atoms with Gasteiger partial charge in [0.05, 0.1) is 4.87 Å². The average Bonchev–Trinajstić information content (AvgIpc) is 3.12. The van der Waals surface area contributed by atoms with Crippen molar-refractivity contribution in [3.63, 3.8) is 0 Å². The van der Waals surface area contributed by atoms with Crippen molar-refractivity contribution >= 4 is 29.4 Å². The highest BCUT2D eigenvalue weighted by molar-refractivity contribution is 8.01. The summed E-state index contributed by atoms with van der Waals surface area (Å²) in [6.07, 6.45) is 1.22. The van der Waals surface area contributed by atoms with E-state index in [9.17, 15) is 14.4 Å². The number of esters is 1. The van der Waals surface area contributed by atoms with Gasteiger partial charge in [-0.1, -0.05) is 0 Å². The quantitative estimate of drug-likeness (QED) is 0.612. The Hall–Kier alpha value is -1.76. The SMILES string of the molecule is Cc1cc(C(=O)COC(=O)[C@H]2CS[C@]3(C)CCC(=O)N23)c(C)n1C. The Bertz CT molecular complexity index is 726. The fourth-order valence-electron chi connectivity index (χ4n) is 3.44. The number of carbonyl (C=O) groups excluding carboxylic acids is 3. The lowest BCUT2D eigenvalue weighted by atomic mass is 10.1. The number of amides is 1. The first-order valence-electron chi connectivity index (χ1n) is 8.03. The Kier molecular flexibility index (Phi) is 4.23. The van der Waals surface area contributed by atoms with Crippen LogP contribution in [0.3, 0.4) is 0 Å². The minimum absolute atomic E-state index is 0.00898. The molecule has 3 heterocycles. The molecule has 0 unspecified atom stereocenters. The molecule has 0 saturated carbocycles. The van der Waals surface area contributed by atoms with E-state index in [1.807, 2.05) is 32.4 Å². The maximum Gasteiger partial charge on any atom is 0.330 e. The zero-order valence-corrected chi connectivity index (χ0v) is 15.2. The number of thioether (sulfide) groups is 1. The van der Waals surface area contributed by atoms with Crippen LogP contribution in [0.4, 0.5) is 0 Å². The highest BCUT2D eigenvalue weighted by Gasteiger charge is 2.53. The zero-order valence-electron chi connectivity index (χ0n) is 14.4. The lowest BCUT2D eigenvalue weighted by molar-refractivity contribution is -0.152. The van der Waals surface area contributed by atoms with E-state index in [4.69, 9.17) is 4.74 Å². The molecule has 1 aromatic heterocycles. The summed E-state index contributed by atoms with van der Waals surface area (Å²) in [6, 6.07) is 1.22. The molecule has 2 fully saturated rings. The molecule has 24 heavy (non-hydrogen) atoms. The standard InChI is InChI=1S/C17H22N2O4S/c1-10-7-12(11(2)18(10)4)14(20)8-23-16(22)13-9-24-17(3)6-5-15(21)19(13)17/h7,13H,5-6,8-9H2,1-4H3/t13-,17-/m1/s1. The van der Waals surface area contributed by atoms with Crippen molar-refractivity contribution in [1.82, 2.24) is 9.47 Å². The summed E-state index contributed by atoms with van der Waals surface area (Å²) in [4.78, 5) is 38.1. The number of fused-ring (bicyclic) bond motifs is 1. The molecule has 130 valence electrons. The van der Waals surface area contributed by atoms with Gasteiger partial charge in [0.1, 0.15) is 6.04 Å². The van der Waals surface area contributed by atoms with Crippen LogP contribution >= 0.6 is 11.8 Å². The van der Waals surface area contributed by atoms with Crippen molar-refractivity contribution in [1.29, 1.82) is 0 Å². The van der Waals surface area contributed by atoms with Crippen molar-refractivity contribution < 1.29 is 19.1 Å². The number of ether oxygens (including phenoxy) is 1. The van der Waals surface area contributed by atoms with Gasteiger partial charge in [0.25, 0.3) is 0 Å². The maximum atomic E-state index is 12.4. The summed E-state index contributed by atoms with van der Waals surface area (Å²) in [5.41, 5.74) is 2.41. The van der Waals surface area contributed by atoms with Gasteiger partial charge in [-0.3, -0.25) is 9.59 Å². The van der Waals surface area contributed by atoms with Crippen LogP contribution in [0.2, 0.25) is 0 Å². The van der Waals surface area contributed by atoms with E-state index < -0.39 is 12.0 Å². The Labute approximate surface area is 145 Å². The van der Waals surface area contributed by atoms with Gasteiger partial charge in [-0.05, 0) is 33.3 Å². The summed E-state index contributed by atoms with van der Waals surface area (Å²) < 4.78 is 7.17. The minimum atomic E-state index is -0.582. The molecule has 1 amide bonds. The highest BCUT2D eigenvalue weighted by Crippen LogP contribution is 2.47. The second-order valence-electron chi connectivity index (χ2n) is 6.64. The lowest BCUT2D eigenvalue weighted by Gasteiger charge is -2.29. The third-order valence-corrected chi connectivity index (χ3v) is 6.64. The molecule has 0 spiro atoms. The number of ketones is 1. The molecule has 0 aliphatic carbocycles. The molecule has 2 atom stereocenters. The summed E-state index contributed by atoms with van der Waals surface area (Å²) in [6.45, 7) is 5.48. The number of Topliss-reactive ketones (excluding diaryl/α,β-unsaturated/α-hetero) is 1. The van der Waals surface area contributed by atoms with Gasteiger partial charge in [0, 0.05) is 36.2 Å². The molecule has 0 aromatic carbocycles. The van der Waals surface area contributed by atoms with Crippen LogP contribution in [-0.2, 0) is 21.4 Å². The van der Waals surface area contributed by atoms with E-state index in [0.717, 1.165) is 17.8 Å². The van der Waals surface area contributed by atoms with Crippen LogP contribution in [0.25, 0.3) is 0 Å². The van der Waals surface area contributed by atoms with Crippen molar-refractivity contribution in [2.45, 2.75) is 44.5 Å². The van der Waals surface area contributed by atoms with Crippen LogP contribution < -0.4 is 0 Å². The Morgan fingerprint density at radius 2 is 2.12 bits per heavy atom. The summed E-state index contributed by atoms with van der Waals surface area (Å²) in [7, 11) is 1.89. The van der Waals surface area contributed by atoms with Gasteiger partial charge in [-0.15, -0.1) is 11.8 Å². The van der Waals surface area contributed by atoms with Gasteiger partial charge in [-0.25, -0.2) is 4.79 Å². The number of nitrogens with zero attached hydrogens (tertiary/aromatic N) is 2. The number of hydrogen-bond acceptors (Lipinski definition) is 5. The molecule has 0 N–H and O–H groups in total. The fourth-order valence-corrected chi connectivity index (χ4v) is 4.86. The topological polar surface area (TPSA) is 68.6 Å². The number of aryl methyl sites for hydroxylation is 1. The van der Waals surface area contributed by atoms with E-state index in [2.05, 4.69) is 0 Å². The molecule has 6 nitrogen and oxygen atoms in total. The predicted octanol–water partition coefficient (Wildman–Crippen LogP) is 1.82. The van der Waals surface area contributed by atoms with Crippen LogP contribution in [-0.4, -0.2) is 50.4 Å². The van der Waals surface area contributed by atoms with Crippen molar-refractivity contribution in [2.75, 3.05) is 12.4 Å². The lowest BCUT2D eigenvalue weighted by Crippen LogP contribution is -2.46. The molecule has 3 rings (SSSR count). The first kappa shape index (κ1) is 17.1. The smallest absolute Gasteiger partial charge is 0.330 e. The summed E-state index contributed by atoms with van der Waals surface area (Å²) in [5.74, 6) is -0.185. The summed E-state index contributed by atoms with van der Waals surface area (Å²) >= 11 is 1.61. The van der Waals surface area contributed by atoms with Gasteiger partial charge >= 0.3 is 5.97 Å². The molecule has 2 aliphatic rings. The average molecular weight is 350 g/mol. The van der Waals surface area contributed by atoms with E-state index in [1.54, 1.807) is 22.7 Å². The number of hydrogen-bond donors (Lipinski definition) is 0. The van der Waals surface area contributed by atoms with Gasteiger partial charge in [0.2, 0.25) is 11.7 Å². The Balaban J connectivity index is 1.65. The molecule has 0 radical (unpaired) electrons. The van der Waals surface area contributed by atoms with Gasteiger partial charge in [-0.2, -0.15) is 0 Å². The third-order valence-electron chi connectivity index (χ3n) is 5.14. The molecule has 2 saturated heterocycles. The largest absolute Gasteiger partial charge is 0.456 e. The van der Waals surface area contributed by atoms with Crippen molar-refractivity contribution in [3.05, 3.63) is 23.0 Å². The predicted molar refractivity (Wildman–Crippen MR) is 90.9 cm³/mol. The van der Waals surface area contributed by atoms with Crippen molar-refractivity contribution in [2.24, 2.45) is 7.05 Å².